The fourth-order valence-electron chi connectivity index (χ4n) is 2.16. The van der Waals surface area contributed by atoms with Crippen LogP contribution in [0.25, 0.3) is 0 Å². The quantitative estimate of drug-likeness (QED) is 0.462. The maximum absolute atomic E-state index is 5.60. The van der Waals surface area contributed by atoms with Crippen LogP contribution in [-0.2, 0) is 4.74 Å². The summed E-state index contributed by atoms with van der Waals surface area (Å²) in [5, 5.41) is 3.66. The van der Waals surface area contributed by atoms with Gasteiger partial charge >= 0.3 is 0 Å². The lowest BCUT2D eigenvalue weighted by atomic mass is 10.0. The lowest BCUT2D eigenvalue weighted by Gasteiger charge is -2.18. The topological polar surface area (TPSA) is 21.3 Å². The van der Waals surface area contributed by atoms with E-state index in [1.807, 2.05) is 0 Å². The maximum atomic E-state index is 5.60. The van der Waals surface area contributed by atoms with E-state index < -0.39 is 0 Å². The van der Waals surface area contributed by atoms with Crippen molar-refractivity contribution in [1.29, 1.82) is 0 Å². The first-order chi connectivity index (χ1) is 8.85. The molecule has 0 rings (SSSR count). The van der Waals surface area contributed by atoms with Crippen molar-refractivity contribution in [1.82, 2.24) is 5.32 Å². The third-order valence-corrected chi connectivity index (χ3v) is 3.30. The lowest BCUT2D eigenvalue weighted by Crippen LogP contribution is -2.31. The van der Waals surface area contributed by atoms with E-state index in [2.05, 4.69) is 26.1 Å². The SMILES string of the molecule is CCCCCCCC(CCOCCC)NCCC. The minimum atomic E-state index is 0.670. The highest BCUT2D eigenvalue weighted by molar-refractivity contribution is 4.66. The van der Waals surface area contributed by atoms with Crippen molar-refractivity contribution in [2.75, 3.05) is 19.8 Å². The van der Waals surface area contributed by atoms with Crippen molar-refractivity contribution >= 4 is 0 Å². The zero-order valence-corrected chi connectivity index (χ0v) is 13.0. The second-order valence-electron chi connectivity index (χ2n) is 5.25. The predicted octanol–water partition coefficient (Wildman–Crippen LogP) is 4.53. The largest absolute Gasteiger partial charge is 0.381 e. The summed E-state index contributed by atoms with van der Waals surface area (Å²) in [5.74, 6) is 0. The van der Waals surface area contributed by atoms with Gasteiger partial charge in [-0.2, -0.15) is 0 Å². The predicted molar refractivity (Wildman–Crippen MR) is 81.2 cm³/mol. The fourth-order valence-corrected chi connectivity index (χ4v) is 2.16. The number of unbranched alkanes of at least 4 members (excludes halogenated alkanes) is 4. The van der Waals surface area contributed by atoms with Crippen molar-refractivity contribution in [2.45, 2.75) is 84.6 Å². The highest BCUT2D eigenvalue weighted by Gasteiger charge is 2.07. The number of hydrogen-bond donors (Lipinski definition) is 1. The third-order valence-electron chi connectivity index (χ3n) is 3.30. The molecular weight excluding hydrogens is 222 g/mol. The Labute approximate surface area is 115 Å². The normalized spacial score (nSPS) is 12.8. The lowest BCUT2D eigenvalue weighted by molar-refractivity contribution is 0.123. The second kappa shape index (κ2) is 15.0. The van der Waals surface area contributed by atoms with Crippen LogP contribution in [0, 0.1) is 0 Å². The van der Waals surface area contributed by atoms with E-state index in [9.17, 15) is 0 Å². The molecule has 1 atom stereocenters. The van der Waals surface area contributed by atoms with Crippen molar-refractivity contribution < 1.29 is 4.74 Å². The van der Waals surface area contributed by atoms with Gasteiger partial charge in [-0.1, -0.05) is 52.9 Å². The van der Waals surface area contributed by atoms with Gasteiger partial charge in [0.15, 0.2) is 0 Å². The molecule has 1 N–H and O–H groups in total. The van der Waals surface area contributed by atoms with Gasteiger partial charge < -0.3 is 10.1 Å². The molecule has 0 spiro atoms. The molecule has 0 amide bonds. The molecule has 0 heterocycles. The van der Waals surface area contributed by atoms with Gasteiger partial charge in [-0.3, -0.25) is 0 Å². The molecule has 0 aromatic rings. The molecule has 2 heteroatoms. The summed E-state index contributed by atoms with van der Waals surface area (Å²) < 4.78 is 5.60. The summed E-state index contributed by atoms with van der Waals surface area (Å²) in [5.41, 5.74) is 0. The first-order valence-corrected chi connectivity index (χ1v) is 8.16. The Morgan fingerprint density at radius 1 is 0.778 bits per heavy atom. The van der Waals surface area contributed by atoms with E-state index in [0.29, 0.717) is 6.04 Å². The van der Waals surface area contributed by atoms with Gasteiger partial charge in [0.1, 0.15) is 0 Å². The molecule has 110 valence electrons. The van der Waals surface area contributed by atoms with Crippen LogP contribution in [0.4, 0.5) is 0 Å². The van der Waals surface area contributed by atoms with E-state index >= 15 is 0 Å². The number of ether oxygens (including phenoxy) is 1. The molecule has 0 aromatic heterocycles. The van der Waals surface area contributed by atoms with Crippen LogP contribution in [-0.4, -0.2) is 25.8 Å². The first kappa shape index (κ1) is 17.9. The van der Waals surface area contributed by atoms with Crippen LogP contribution in [0.2, 0.25) is 0 Å². The molecule has 0 aliphatic carbocycles. The van der Waals surface area contributed by atoms with Crippen molar-refractivity contribution in [3.05, 3.63) is 0 Å². The van der Waals surface area contributed by atoms with E-state index in [1.54, 1.807) is 0 Å². The Balaban J connectivity index is 3.56. The average Bonchev–Trinajstić information content (AvgIpc) is 2.39. The van der Waals surface area contributed by atoms with E-state index in [0.717, 1.165) is 26.2 Å². The standard InChI is InChI=1S/C16H35NO/c1-4-7-8-9-10-11-16(17-13-5-2)12-15-18-14-6-3/h16-17H,4-15H2,1-3H3. The fraction of sp³-hybridized carbons (Fsp3) is 1.00. The summed E-state index contributed by atoms with van der Waals surface area (Å²) in [7, 11) is 0. The van der Waals surface area contributed by atoms with Crippen molar-refractivity contribution in [2.24, 2.45) is 0 Å². The molecule has 18 heavy (non-hydrogen) atoms. The molecule has 0 bridgehead atoms. The smallest absolute Gasteiger partial charge is 0.0480 e. The van der Waals surface area contributed by atoms with E-state index in [1.165, 1.54) is 51.4 Å². The van der Waals surface area contributed by atoms with E-state index in [-0.39, 0.29) is 0 Å². The third kappa shape index (κ3) is 12.4. The summed E-state index contributed by atoms with van der Waals surface area (Å²) in [6.07, 6.45) is 11.8. The molecule has 1 unspecified atom stereocenters. The molecule has 0 fully saturated rings. The average molecular weight is 257 g/mol. The monoisotopic (exact) mass is 257 g/mol. The Hall–Kier alpha value is -0.0800. The van der Waals surface area contributed by atoms with Crippen LogP contribution >= 0.6 is 0 Å². The number of nitrogens with one attached hydrogen (secondary N) is 1. The van der Waals surface area contributed by atoms with E-state index in [4.69, 9.17) is 4.74 Å². The van der Waals surface area contributed by atoms with Gasteiger partial charge in [0.2, 0.25) is 0 Å². The van der Waals surface area contributed by atoms with Crippen LogP contribution in [0.3, 0.4) is 0 Å². The highest BCUT2D eigenvalue weighted by atomic mass is 16.5. The zero-order valence-electron chi connectivity index (χ0n) is 13.0. The van der Waals surface area contributed by atoms with Crippen molar-refractivity contribution in [3.8, 4) is 0 Å². The summed E-state index contributed by atoms with van der Waals surface area (Å²) in [6, 6.07) is 0.670. The Morgan fingerprint density at radius 3 is 2.22 bits per heavy atom. The number of hydrogen-bond acceptors (Lipinski definition) is 2. The number of rotatable bonds is 14. The second-order valence-corrected chi connectivity index (χ2v) is 5.25. The molecule has 0 aliphatic heterocycles. The first-order valence-electron chi connectivity index (χ1n) is 8.16. The summed E-state index contributed by atoms with van der Waals surface area (Å²) in [6.45, 7) is 9.66. The molecule has 0 radical (unpaired) electrons. The van der Waals surface area contributed by atoms with Crippen LogP contribution in [0.15, 0.2) is 0 Å². The molecule has 0 aromatic carbocycles. The molecule has 0 aliphatic rings. The Kier molecular flexibility index (Phi) is 14.9. The minimum absolute atomic E-state index is 0.670. The van der Waals surface area contributed by atoms with Gasteiger partial charge in [0.05, 0.1) is 0 Å². The highest BCUT2D eigenvalue weighted by Crippen LogP contribution is 2.09. The van der Waals surface area contributed by atoms with Gasteiger partial charge in [0, 0.05) is 19.3 Å². The minimum Gasteiger partial charge on any atom is -0.381 e. The van der Waals surface area contributed by atoms with Gasteiger partial charge in [-0.05, 0) is 32.2 Å². The maximum Gasteiger partial charge on any atom is 0.0480 e. The Bertz CT molecular complexity index is 150. The van der Waals surface area contributed by atoms with Crippen LogP contribution in [0.5, 0.6) is 0 Å². The van der Waals surface area contributed by atoms with Gasteiger partial charge in [0.25, 0.3) is 0 Å². The zero-order chi connectivity index (χ0) is 13.5. The van der Waals surface area contributed by atoms with Crippen LogP contribution in [0.1, 0.15) is 78.6 Å². The molecular formula is C16H35NO. The molecule has 2 nitrogen and oxygen atoms in total. The summed E-state index contributed by atoms with van der Waals surface area (Å²) >= 11 is 0. The van der Waals surface area contributed by atoms with Crippen molar-refractivity contribution in [3.63, 3.8) is 0 Å². The van der Waals surface area contributed by atoms with Gasteiger partial charge in [-0.25, -0.2) is 0 Å². The van der Waals surface area contributed by atoms with Crippen LogP contribution < -0.4 is 5.32 Å². The molecule has 0 saturated heterocycles. The summed E-state index contributed by atoms with van der Waals surface area (Å²) in [4.78, 5) is 0. The van der Waals surface area contributed by atoms with Gasteiger partial charge in [-0.15, -0.1) is 0 Å². The Morgan fingerprint density at radius 2 is 1.56 bits per heavy atom. The molecule has 0 saturated carbocycles.